The molecule has 0 N–H and O–H groups in total. The number of hydrogen-bond acceptors (Lipinski definition) is 7. The minimum Gasteiger partial charge on any atom is -0.467 e. The Hall–Kier alpha value is -2.87. The van der Waals surface area contributed by atoms with E-state index in [1.54, 1.807) is 23.0 Å². The molecule has 0 unspecified atom stereocenters. The van der Waals surface area contributed by atoms with Gasteiger partial charge in [0.2, 0.25) is 11.8 Å². The molecule has 4 rings (SSSR count). The number of aromatic nitrogens is 4. The molecule has 0 radical (unpaired) electrons. The second kappa shape index (κ2) is 7.17. The lowest BCUT2D eigenvalue weighted by atomic mass is 10.2. The quantitative estimate of drug-likeness (QED) is 0.381. The van der Waals surface area contributed by atoms with E-state index >= 15 is 0 Å². The van der Waals surface area contributed by atoms with Gasteiger partial charge in [-0.3, -0.25) is 9.36 Å². The smallest absolute Gasteiger partial charge is 0.262 e. The summed E-state index contributed by atoms with van der Waals surface area (Å²) in [5.41, 5.74) is 0.560. The van der Waals surface area contributed by atoms with Gasteiger partial charge in [-0.1, -0.05) is 30.8 Å². The van der Waals surface area contributed by atoms with Crippen LogP contribution in [0.2, 0.25) is 0 Å². The van der Waals surface area contributed by atoms with Crippen molar-refractivity contribution in [2.75, 3.05) is 0 Å². The van der Waals surface area contributed by atoms with Crippen molar-refractivity contribution in [3.63, 3.8) is 0 Å². The standard InChI is InChI=1S/C18H16N4O3S/c1-2-15-20-21-16(25-15)11-26-18-19-14-8-4-3-7-13(14)17(23)22(18)10-12-6-5-9-24-12/h3-9H,2,10-11H2,1H3. The molecule has 0 aliphatic carbocycles. The molecule has 0 atom stereocenters. The Balaban J connectivity index is 1.71. The lowest BCUT2D eigenvalue weighted by molar-refractivity contribution is 0.468. The molecule has 26 heavy (non-hydrogen) atoms. The molecule has 0 aliphatic rings. The van der Waals surface area contributed by atoms with Crippen LogP contribution >= 0.6 is 11.8 Å². The van der Waals surface area contributed by atoms with Crippen LogP contribution in [0.15, 0.2) is 61.4 Å². The van der Waals surface area contributed by atoms with Crippen molar-refractivity contribution in [3.05, 3.63) is 70.6 Å². The van der Waals surface area contributed by atoms with E-state index in [0.717, 1.165) is 0 Å². The molecule has 0 fully saturated rings. The van der Waals surface area contributed by atoms with Gasteiger partial charge in [0.1, 0.15) is 5.76 Å². The maximum atomic E-state index is 13.0. The summed E-state index contributed by atoms with van der Waals surface area (Å²) in [7, 11) is 0. The summed E-state index contributed by atoms with van der Waals surface area (Å²) >= 11 is 1.39. The minimum atomic E-state index is -0.103. The SMILES string of the molecule is CCc1nnc(CSc2nc3ccccc3c(=O)n2Cc2ccco2)o1. The van der Waals surface area contributed by atoms with Crippen LogP contribution < -0.4 is 5.56 Å². The van der Waals surface area contributed by atoms with Gasteiger partial charge >= 0.3 is 0 Å². The van der Waals surface area contributed by atoms with Crippen molar-refractivity contribution in [1.82, 2.24) is 19.7 Å². The van der Waals surface area contributed by atoms with Gasteiger partial charge in [0.25, 0.3) is 5.56 Å². The zero-order chi connectivity index (χ0) is 17.9. The first kappa shape index (κ1) is 16.6. The number of fused-ring (bicyclic) bond motifs is 1. The van der Waals surface area contributed by atoms with Crippen LogP contribution in [0, 0.1) is 0 Å². The maximum Gasteiger partial charge on any atom is 0.262 e. The van der Waals surface area contributed by atoms with Gasteiger partial charge in [0, 0.05) is 6.42 Å². The topological polar surface area (TPSA) is 87.0 Å². The highest BCUT2D eigenvalue weighted by Crippen LogP contribution is 2.22. The number of para-hydroxylation sites is 1. The van der Waals surface area contributed by atoms with Crippen LogP contribution in [0.4, 0.5) is 0 Å². The molecule has 0 spiro atoms. The van der Waals surface area contributed by atoms with E-state index in [0.29, 0.717) is 52.3 Å². The Morgan fingerprint density at radius 3 is 2.73 bits per heavy atom. The number of benzene rings is 1. The number of rotatable bonds is 6. The number of hydrogen-bond donors (Lipinski definition) is 0. The molecule has 4 aromatic rings. The molecule has 0 saturated carbocycles. The van der Waals surface area contributed by atoms with Crippen LogP contribution in [0.5, 0.6) is 0 Å². The van der Waals surface area contributed by atoms with Crippen LogP contribution in [0.25, 0.3) is 10.9 Å². The van der Waals surface area contributed by atoms with Crippen LogP contribution in [0.3, 0.4) is 0 Å². The van der Waals surface area contributed by atoms with Crippen molar-refractivity contribution >= 4 is 22.7 Å². The van der Waals surface area contributed by atoms with Crippen LogP contribution in [0.1, 0.15) is 24.5 Å². The van der Waals surface area contributed by atoms with Crippen molar-refractivity contribution in [1.29, 1.82) is 0 Å². The maximum absolute atomic E-state index is 13.0. The summed E-state index contributed by atoms with van der Waals surface area (Å²) < 4.78 is 12.6. The van der Waals surface area contributed by atoms with Crippen LogP contribution in [-0.4, -0.2) is 19.7 Å². The zero-order valence-electron chi connectivity index (χ0n) is 14.1. The fraction of sp³-hybridized carbons (Fsp3) is 0.222. The fourth-order valence-electron chi connectivity index (χ4n) is 2.57. The monoisotopic (exact) mass is 368 g/mol. The summed E-state index contributed by atoms with van der Waals surface area (Å²) in [5.74, 6) is 2.24. The molecule has 0 amide bonds. The molecule has 3 heterocycles. The largest absolute Gasteiger partial charge is 0.467 e. The Morgan fingerprint density at radius 1 is 1.12 bits per heavy atom. The molecule has 1 aromatic carbocycles. The predicted molar refractivity (Wildman–Crippen MR) is 97.1 cm³/mol. The molecule has 132 valence electrons. The second-order valence-electron chi connectivity index (χ2n) is 5.61. The highest BCUT2D eigenvalue weighted by atomic mass is 32.2. The third-order valence-corrected chi connectivity index (χ3v) is 4.82. The molecular weight excluding hydrogens is 352 g/mol. The number of thioether (sulfide) groups is 1. The molecule has 0 saturated heterocycles. The van der Waals surface area contributed by atoms with Crippen molar-refractivity contribution in [2.24, 2.45) is 0 Å². The van der Waals surface area contributed by atoms with Crippen molar-refractivity contribution < 1.29 is 8.83 Å². The van der Waals surface area contributed by atoms with Gasteiger partial charge in [0.15, 0.2) is 5.16 Å². The fourth-order valence-corrected chi connectivity index (χ4v) is 3.41. The van der Waals surface area contributed by atoms with E-state index in [1.807, 2.05) is 31.2 Å². The lowest BCUT2D eigenvalue weighted by Gasteiger charge is -2.11. The summed E-state index contributed by atoms with van der Waals surface area (Å²) in [5, 5.41) is 9.15. The number of furan rings is 1. The molecule has 8 heteroatoms. The second-order valence-corrected chi connectivity index (χ2v) is 6.56. The summed E-state index contributed by atoms with van der Waals surface area (Å²) in [4.78, 5) is 17.6. The van der Waals surface area contributed by atoms with Gasteiger partial charge < -0.3 is 8.83 Å². The van der Waals surface area contributed by atoms with E-state index in [9.17, 15) is 4.79 Å². The van der Waals surface area contributed by atoms with Crippen molar-refractivity contribution in [3.8, 4) is 0 Å². The average molecular weight is 368 g/mol. The Morgan fingerprint density at radius 2 is 1.96 bits per heavy atom. The van der Waals surface area contributed by atoms with Gasteiger partial charge in [-0.15, -0.1) is 10.2 Å². The van der Waals surface area contributed by atoms with Gasteiger partial charge in [-0.05, 0) is 24.3 Å². The third-order valence-electron chi connectivity index (χ3n) is 3.86. The predicted octanol–water partition coefficient (Wildman–Crippen LogP) is 3.28. The zero-order valence-corrected chi connectivity index (χ0v) is 14.9. The minimum absolute atomic E-state index is 0.103. The Labute approximate surface area is 153 Å². The molecular formula is C18H16N4O3S. The molecule has 0 aliphatic heterocycles. The highest BCUT2D eigenvalue weighted by Gasteiger charge is 2.14. The summed E-state index contributed by atoms with van der Waals surface area (Å²) in [6.45, 7) is 2.27. The van der Waals surface area contributed by atoms with Crippen molar-refractivity contribution in [2.45, 2.75) is 30.8 Å². The number of aryl methyl sites for hydroxylation is 1. The van der Waals surface area contributed by atoms with E-state index in [1.165, 1.54) is 11.8 Å². The highest BCUT2D eigenvalue weighted by molar-refractivity contribution is 7.98. The van der Waals surface area contributed by atoms with Gasteiger partial charge in [0.05, 0.1) is 29.5 Å². The lowest BCUT2D eigenvalue weighted by Crippen LogP contribution is -2.23. The van der Waals surface area contributed by atoms with E-state index in [-0.39, 0.29) is 5.56 Å². The van der Waals surface area contributed by atoms with E-state index in [4.69, 9.17) is 8.83 Å². The Bertz CT molecular complexity index is 1090. The van der Waals surface area contributed by atoms with E-state index in [2.05, 4.69) is 15.2 Å². The molecule has 0 bridgehead atoms. The Kier molecular flexibility index (Phi) is 4.57. The first-order valence-corrected chi connectivity index (χ1v) is 9.19. The van der Waals surface area contributed by atoms with Gasteiger partial charge in [-0.25, -0.2) is 4.98 Å². The van der Waals surface area contributed by atoms with E-state index < -0.39 is 0 Å². The first-order chi connectivity index (χ1) is 12.7. The van der Waals surface area contributed by atoms with Crippen LogP contribution in [-0.2, 0) is 18.7 Å². The number of nitrogens with zero attached hydrogens (tertiary/aromatic N) is 4. The third kappa shape index (κ3) is 3.28. The average Bonchev–Trinajstić information content (AvgIpc) is 3.34. The summed E-state index contributed by atoms with van der Waals surface area (Å²) in [6, 6.07) is 10.9. The first-order valence-electron chi connectivity index (χ1n) is 8.20. The molecule has 3 aromatic heterocycles. The summed E-state index contributed by atoms with van der Waals surface area (Å²) in [6.07, 6.45) is 2.28. The normalized spacial score (nSPS) is 11.3. The van der Waals surface area contributed by atoms with Gasteiger partial charge in [-0.2, -0.15) is 0 Å². The molecule has 7 nitrogen and oxygen atoms in total.